The summed E-state index contributed by atoms with van der Waals surface area (Å²) in [5.41, 5.74) is 1.70. The van der Waals surface area contributed by atoms with E-state index in [1.54, 1.807) is 12.3 Å². The van der Waals surface area contributed by atoms with E-state index in [0.717, 1.165) is 57.5 Å². The Hall–Kier alpha value is -1.48. The standard InChI is InChI=1S/C18H26N4O/c1-15(22-8-10-23-11-9-22)17-3-6-21(7-4-17)14-18-12-16(13-19)2-5-20-18/h2,5,12,15,17H,3-4,6-11,14H2,1H3/t15-/m0/s1. The van der Waals surface area contributed by atoms with Gasteiger partial charge in [-0.2, -0.15) is 5.26 Å². The Labute approximate surface area is 138 Å². The molecule has 0 N–H and O–H groups in total. The summed E-state index contributed by atoms with van der Waals surface area (Å²) in [5.74, 6) is 0.780. The Balaban J connectivity index is 1.49. The van der Waals surface area contributed by atoms with Gasteiger partial charge in [-0.25, -0.2) is 0 Å². The van der Waals surface area contributed by atoms with Gasteiger partial charge in [-0.3, -0.25) is 14.8 Å². The summed E-state index contributed by atoms with van der Waals surface area (Å²) < 4.78 is 5.46. The first kappa shape index (κ1) is 16.4. The third-order valence-electron chi connectivity index (χ3n) is 5.27. The SMILES string of the molecule is C[C@@H](C1CCN(Cc2cc(C#N)ccn2)CC1)N1CCOCC1. The van der Waals surface area contributed by atoms with Crippen LogP contribution in [0.2, 0.25) is 0 Å². The summed E-state index contributed by atoms with van der Waals surface area (Å²) in [6.07, 6.45) is 4.23. The van der Waals surface area contributed by atoms with Crippen LogP contribution >= 0.6 is 0 Å². The molecular weight excluding hydrogens is 288 g/mol. The minimum absolute atomic E-state index is 0.654. The molecule has 5 heteroatoms. The van der Waals surface area contributed by atoms with Crippen LogP contribution in [0.4, 0.5) is 0 Å². The summed E-state index contributed by atoms with van der Waals surface area (Å²) in [6.45, 7) is 9.39. The van der Waals surface area contributed by atoms with Crippen LogP contribution in [0.1, 0.15) is 31.0 Å². The van der Waals surface area contributed by atoms with Crippen LogP contribution in [0, 0.1) is 17.2 Å². The van der Waals surface area contributed by atoms with Crippen molar-refractivity contribution >= 4 is 0 Å². The van der Waals surface area contributed by atoms with Crippen molar-refractivity contribution in [1.82, 2.24) is 14.8 Å². The zero-order chi connectivity index (χ0) is 16.1. The summed E-state index contributed by atoms with van der Waals surface area (Å²) in [4.78, 5) is 9.44. The molecule has 2 saturated heterocycles. The fourth-order valence-corrected chi connectivity index (χ4v) is 3.74. The maximum absolute atomic E-state index is 8.98. The van der Waals surface area contributed by atoms with Gasteiger partial charge in [-0.05, 0) is 50.9 Å². The van der Waals surface area contributed by atoms with E-state index in [-0.39, 0.29) is 0 Å². The van der Waals surface area contributed by atoms with Gasteiger partial charge >= 0.3 is 0 Å². The maximum atomic E-state index is 8.98. The molecule has 0 unspecified atom stereocenters. The Morgan fingerprint density at radius 1 is 1.30 bits per heavy atom. The van der Waals surface area contributed by atoms with Gasteiger partial charge in [0.15, 0.2) is 0 Å². The first-order valence-electron chi connectivity index (χ1n) is 8.65. The normalized spacial score (nSPS) is 22.6. The van der Waals surface area contributed by atoms with E-state index >= 15 is 0 Å². The molecule has 124 valence electrons. The number of morpholine rings is 1. The fraction of sp³-hybridized carbons (Fsp3) is 0.667. The molecule has 1 aromatic heterocycles. The second kappa shape index (κ2) is 7.87. The van der Waals surface area contributed by atoms with Crippen molar-refractivity contribution in [3.63, 3.8) is 0 Å². The zero-order valence-corrected chi connectivity index (χ0v) is 13.9. The van der Waals surface area contributed by atoms with E-state index in [0.29, 0.717) is 11.6 Å². The molecule has 0 aromatic carbocycles. The van der Waals surface area contributed by atoms with Gasteiger partial charge in [0.05, 0.1) is 30.5 Å². The number of piperidine rings is 1. The summed E-state index contributed by atoms with van der Waals surface area (Å²) in [6, 6.07) is 6.51. The topological polar surface area (TPSA) is 52.4 Å². The van der Waals surface area contributed by atoms with Crippen LogP contribution in [0.15, 0.2) is 18.3 Å². The van der Waals surface area contributed by atoms with Gasteiger partial charge in [0.1, 0.15) is 0 Å². The van der Waals surface area contributed by atoms with Crippen molar-refractivity contribution in [2.24, 2.45) is 5.92 Å². The predicted octanol–water partition coefficient (Wildman–Crippen LogP) is 1.89. The molecule has 0 aliphatic carbocycles. The van der Waals surface area contributed by atoms with E-state index in [1.807, 2.05) is 6.07 Å². The molecule has 3 heterocycles. The molecule has 0 saturated carbocycles. The maximum Gasteiger partial charge on any atom is 0.0992 e. The molecule has 1 aromatic rings. The number of likely N-dealkylation sites (tertiary alicyclic amines) is 1. The number of nitriles is 1. The molecule has 3 rings (SSSR count). The van der Waals surface area contributed by atoms with Crippen molar-refractivity contribution in [2.45, 2.75) is 32.4 Å². The van der Waals surface area contributed by atoms with Crippen LogP contribution in [0.25, 0.3) is 0 Å². The number of aromatic nitrogens is 1. The number of nitrogens with zero attached hydrogens (tertiary/aromatic N) is 4. The predicted molar refractivity (Wildman–Crippen MR) is 88.8 cm³/mol. The van der Waals surface area contributed by atoms with Crippen molar-refractivity contribution in [3.05, 3.63) is 29.6 Å². The average molecular weight is 314 g/mol. The lowest BCUT2D eigenvalue weighted by atomic mass is 9.89. The molecule has 1 atom stereocenters. The average Bonchev–Trinajstić information content (AvgIpc) is 2.63. The smallest absolute Gasteiger partial charge is 0.0992 e. The minimum Gasteiger partial charge on any atom is -0.379 e. The van der Waals surface area contributed by atoms with Crippen LogP contribution in [-0.4, -0.2) is 60.2 Å². The first-order chi connectivity index (χ1) is 11.3. The van der Waals surface area contributed by atoms with Crippen LogP contribution in [0.5, 0.6) is 0 Å². The van der Waals surface area contributed by atoms with Gasteiger partial charge in [0.2, 0.25) is 0 Å². The molecule has 2 aliphatic rings. The number of pyridine rings is 1. The fourth-order valence-electron chi connectivity index (χ4n) is 3.74. The quantitative estimate of drug-likeness (QED) is 0.849. The number of ether oxygens (including phenoxy) is 1. The lowest BCUT2D eigenvalue weighted by Crippen LogP contribution is -2.48. The van der Waals surface area contributed by atoms with E-state index in [4.69, 9.17) is 10.00 Å². The Kier molecular flexibility index (Phi) is 5.60. The zero-order valence-electron chi connectivity index (χ0n) is 13.9. The van der Waals surface area contributed by atoms with E-state index in [9.17, 15) is 0 Å². The first-order valence-corrected chi connectivity index (χ1v) is 8.65. The molecule has 2 fully saturated rings. The summed E-state index contributed by atoms with van der Waals surface area (Å²) >= 11 is 0. The Bertz CT molecular complexity index is 542. The molecule has 0 spiro atoms. The molecule has 0 amide bonds. The van der Waals surface area contributed by atoms with Gasteiger partial charge < -0.3 is 4.74 Å². The van der Waals surface area contributed by atoms with E-state index in [2.05, 4.69) is 27.8 Å². The largest absolute Gasteiger partial charge is 0.379 e. The number of hydrogen-bond donors (Lipinski definition) is 0. The van der Waals surface area contributed by atoms with Crippen LogP contribution in [0.3, 0.4) is 0 Å². The van der Waals surface area contributed by atoms with Crippen molar-refractivity contribution < 1.29 is 4.74 Å². The van der Waals surface area contributed by atoms with Gasteiger partial charge in [0.25, 0.3) is 0 Å². The third-order valence-corrected chi connectivity index (χ3v) is 5.27. The van der Waals surface area contributed by atoms with Gasteiger partial charge in [0, 0.05) is 31.9 Å². The highest BCUT2D eigenvalue weighted by atomic mass is 16.5. The number of hydrogen-bond acceptors (Lipinski definition) is 5. The summed E-state index contributed by atoms with van der Waals surface area (Å²) in [7, 11) is 0. The second-order valence-corrected chi connectivity index (χ2v) is 6.65. The minimum atomic E-state index is 0.654. The van der Waals surface area contributed by atoms with Crippen molar-refractivity contribution in [2.75, 3.05) is 39.4 Å². The monoisotopic (exact) mass is 314 g/mol. The highest BCUT2D eigenvalue weighted by molar-refractivity contribution is 5.28. The molecule has 23 heavy (non-hydrogen) atoms. The molecule has 2 aliphatic heterocycles. The van der Waals surface area contributed by atoms with E-state index < -0.39 is 0 Å². The highest BCUT2D eigenvalue weighted by Gasteiger charge is 2.28. The Morgan fingerprint density at radius 3 is 2.74 bits per heavy atom. The third kappa shape index (κ3) is 4.29. The van der Waals surface area contributed by atoms with E-state index in [1.165, 1.54) is 12.8 Å². The molecule has 0 bridgehead atoms. The van der Waals surface area contributed by atoms with Crippen LogP contribution in [-0.2, 0) is 11.3 Å². The highest BCUT2D eigenvalue weighted by Crippen LogP contribution is 2.25. The molecule has 5 nitrogen and oxygen atoms in total. The van der Waals surface area contributed by atoms with Crippen molar-refractivity contribution in [3.8, 4) is 6.07 Å². The summed E-state index contributed by atoms with van der Waals surface area (Å²) in [5, 5.41) is 8.98. The number of rotatable bonds is 4. The van der Waals surface area contributed by atoms with Gasteiger partial charge in [-0.1, -0.05) is 0 Å². The van der Waals surface area contributed by atoms with Crippen LogP contribution < -0.4 is 0 Å². The Morgan fingerprint density at radius 2 is 2.04 bits per heavy atom. The molecule has 0 radical (unpaired) electrons. The van der Waals surface area contributed by atoms with Gasteiger partial charge in [-0.15, -0.1) is 0 Å². The molecular formula is C18H26N4O. The lowest BCUT2D eigenvalue weighted by molar-refractivity contribution is -0.00198. The lowest BCUT2D eigenvalue weighted by Gasteiger charge is -2.41. The second-order valence-electron chi connectivity index (χ2n) is 6.65. The van der Waals surface area contributed by atoms with Crippen molar-refractivity contribution in [1.29, 1.82) is 5.26 Å².